The maximum absolute atomic E-state index is 12.7. The SMILES string of the molecule is CCC1(C(=O)O)CCCN1S(=O)(=O)c1cncc(Br)c1. The van der Waals surface area contributed by atoms with Crippen molar-refractivity contribution in [3.63, 3.8) is 0 Å². The van der Waals surface area contributed by atoms with Crippen molar-refractivity contribution in [1.82, 2.24) is 9.29 Å². The fourth-order valence-corrected chi connectivity index (χ4v) is 4.95. The summed E-state index contributed by atoms with van der Waals surface area (Å²) in [7, 11) is -3.87. The molecule has 1 unspecified atom stereocenters. The number of carboxylic acid groups (broad SMARTS) is 1. The summed E-state index contributed by atoms with van der Waals surface area (Å²) in [5, 5.41) is 9.47. The van der Waals surface area contributed by atoms with Gasteiger partial charge < -0.3 is 5.11 Å². The standard InChI is InChI=1S/C12H15BrN2O4S/c1-2-12(11(16)17)4-3-5-15(12)20(18,19)10-6-9(13)7-14-8-10/h6-8H,2-5H2,1H3,(H,16,17). The van der Waals surface area contributed by atoms with Crippen LogP contribution in [0.25, 0.3) is 0 Å². The average molecular weight is 363 g/mol. The van der Waals surface area contributed by atoms with Crippen molar-refractivity contribution < 1.29 is 18.3 Å². The van der Waals surface area contributed by atoms with E-state index in [4.69, 9.17) is 0 Å². The molecule has 1 atom stereocenters. The summed E-state index contributed by atoms with van der Waals surface area (Å²) in [6.07, 6.45) is 3.83. The lowest BCUT2D eigenvalue weighted by atomic mass is 9.95. The first-order chi connectivity index (χ1) is 9.34. The molecule has 6 nitrogen and oxygen atoms in total. The zero-order valence-electron chi connectivity index (χ0n) is 10.9. The van der Waals surface area contributed by atoms with E-state index in [1.54, 1.807) is 6.92 Å². The van der Waals surface area contributed by atoms with Gasteiger partial charge in [0.1, 0.15) is 10.4 Å². The molecular weight excluding hydrogens is 348 g/mol. The zero-order valence-corrected chi connectivity index (χ0v) is 13.3. The maximum Gasteiger partial charge on any atom is 0.325 e. The molecule has 0 saturated carbocycles. The Balaban J connectivity index is 2.51. The highest BCUT2D eigenvalue weighted by molar-refractivity contribution is 9.10. The fraction of sp³-hybridized carbons (Fsp3) is 0.500. The van der Waals surface area contributed by atoms with Gasteiger partial charge in [-0.25, -0.2) is 8.42 Å². The molecule has 2 rings (SSSR count). The number of aromatic nitrogens is 1. The Morgan fingerprint density at radius 2 is 2.25 bits per heavy atom. The van der Waals surface area contributed by atoms with E-state index in [9.17, 15) is 18.3 Å². The smallest absolute Gasteiger partial charge is 0.325 e. The van der Waals surface area contributed by atoms with Crippen LogP contribution in [-0.2, 0) is 14.8 Å². The highest BCUT2D eigenvalue weighted by Crippen LogP contribution is 2.37. The molecule has 8 heteroatoms. The minimum atomic E-state index is -3.87. The summed E-state index contributed by atoms with van der Waals surface area (Å²) >= 11 is 3.18. The Morgan fingerprint density at radius 1 is 1.55 bits per heavy atom. The summed E-state index contributed by atoms with van der Waals surface area (Å²) in [4.78, 5) is 15.4. The molecule has 1 aliphatic heterocycles. The Labute approximate surface area is 126 Å². The van der Waals surface area contributed by atoms with Crippen molar-refractivity contribution in [2.45, 2.75) is 36.6 Å². The molecule has 1 aliphatic rings. The van der Waals surface area contributed by atoms with Crippen molar-refractivity contribution >= 4 is 31.9 Å². The molecule has 1 aromatic heterocycles. The van der Waals surface area contributed by atoms with Crippen LogP contribution in [0.4, 0.5) is 0 Å². The third kappa shape index (κ3) is 2.36. The quantitative estimate of drug-likeness (QED) is 0.882. The van der Waals surface area contributed by atoms with Crippen LogP contribution in [0.15, 0.2) is 27.8 Å². The second-order valence-electron chi connectivity index (χ2n) is 4.71. The zero-order chi connectivity index (χ0) is 15.0. The van der Waals surface area contributed by atoms with E-state index in [0.717, 1.165) is 4.31 Å². The molecule has 1 aromatic rings. The predicted molar refractivity (Wildman–Crippen MR) is 75.7 cm³/mol. The summed E-state index contributed by atoms with van der Waals surface area (Å²) in [5.74, 6) is -1.09. The van der Waals surface area contributed by atoms with E-state index in [2.05, 4.69) is 20.9 Å². The van der Waals surface area contributed by atoms with Crippen molar-refractivity contribution in [1.29, 1.82) is 0 Å². The number of halogens is 1. The molecule has 1 fully saturated rings. The minimum Gasteiger partial charge on any atom is -0.480 e. The van der Waals surface area contributed by atoms with Crippen LogP contribution < -0.4 is 0 Å². The van der Waals surface area contributed by atoms with E-state index in [0.29, 0.717) is 17.3 Å². The van der Waals surface area contributed by atoms with Crippen LogP contribution in [0.1, 0.15) is 26.2 Å². The van der Waals surface area contributed by atoms with Gasteiger partial charge in [0.25, 0.3) is 0 Å². The number of hydrogen-bond donors (Lipinski definition) is 1. The molecule has 0 spiro atoms. The lowest BCUT2D eigenvalue weighted by molar-refractivity contribution is -0.147. The van der Waals surface area contributed by atoms with Gasteiger partial charge in [0.2, 0.25) is 10.0 Å². The number of carboxylic acids is 1. The minimum absolute atomic E-state index is 0.00727. The molecule has 1 N–H and O–H groups in total. The number of nitrogens with zero attached hydrogens (tertiary/aromatic N) is 2. The number of aliphatic carboxylic acids is 1. The summed E-state index contributed by atoms with van der Waals surface area (Å²) in [5.41, 5.74) is -1.35. The molecule has 20 heavy (non-hydrogen) atoms. The Bertz CT molecular complexity index is 634. The van der Waals surface area contributed by atoms with Crippen LogP contribution in [-0.4, -0.2) is 40.9 Å². The molecule has 0 amide bonds. The average Bonchev–Trinajstić information content (AvgIpc) is 2.84. The third-order valence-electron chi connectivity index (χ3n) is 3.68. The van der Waals surface area contributed by atoms with Gasteiger partial charge >= 0.3 is 5.97 Å². The Morgan fingerprint density at radius 3 is 2.80 bits per heavy atom. The van der Waals surface area contributed by atoms with Crippen LogP contribution >= 0.6 is 15.9 Å². The summed E-state index contributed by atoms with van der Waals surface area (Å²) in [6.45, 7) is 1.91. The van der Waals surface area contributed by atoms with Crippen molar-refractivity contribution in [3.05, 3.63) is 22.9 Å². The van der Waals surface area contributed by atoms with Crippen molar-refractivity contribution in [3.8, 4) is 0 Å². The lowest BCUT2D eigenvalue weighted by Crippen LogP contribution is -2.52. The molecule has 0 bridgehead atoms. The van der Waals surface area contributed by atoms with Gasteiger partial charge in [0.15, 0.2) is 0 Å². The van der Waals surface area contributed by atoms with Crippen LogP contribution in [0.3, 0.4) is 0 Å². The van der Waals surface area contributed by atoms with Crippen LogP contribution in [0, 0.1) is 0 Å². The fourth-order valence-electron chi connectivity index (χ4n) is 2.58. The van der Waals surface area contributed by atoms with E-state index >= 15 is 0 Å². The predicted octanol–water partition coefficient (Wildman–Crippen LogP) is 1.86. The first kappa shape index (κ1) is 15.4. The Kier molecular flexibility index (Phi) is 4.17. The topological polar surface area (TPSA) is 87.6 Å². The second-order valence-corrected chi connectivity index (χ2v) is 7.49. The first-order valence-corrected chi connectivity index (χ1v) is 8.44. The van der Waals surface area contributed by atoms with Gasteiger partial charge in [-0.2, -0.15) is 4.31 Å². The van der Waals surface area contributed by atoms with E-state index < -0.39 is 21.5 Å². The molecule has 0 radical (unpaired) electrons. The van der Waals surface area contributed by atoms with Gasteiger partial charge in [-0.3, -0.25) is 9.78 Å². The van der Waals surface area contributed by atoms with Gasteiger partial charge in [-0.15, -0.1) is 0 Å². The summed E-state index contributed by atoms with van der Waals surface area (Å²) < 4.78 is 27.0. The highest BCUT2D eigenvalue weighted by Gasteiger charge is 2.52. The molecule has 1 saturated heterocycles. The highest BCUT2D eigenvalue weighted by atomic mass is 79.9. The molecule has 110 valence electrons. The first-order valence-electron chi connectivity index (χ1n) is 6.21. The number of hydrogen-bond acceptors (Lipinski definition) is 4. The maximum atomic E-state index is 12.7. The summed E-state index contributed by atoms with van der Waals surface area (Å²) in [6, 6.07) is 1.43. The molecule has 0 aliphatic carbocycles. The van der Waals surface area contributed by atoms with Gasteiger partial charge in [-0.05, 0) is 41.3 Å². The monoisotopic (exact) mass is 362 g/mol. The van der Waals surface area contributed by atoms with E-state index in [1.165, 1.54) is 18.5 Å². The van der Waals surface area contributed by atoms with Crippen LogP contribution in [0.5, 0.6) is 0 Å². The van der Waals surface area contributed by atoms with E-state index in [-0.39, 0.29) is 17.9 Å². The molecule has 0 aromatic carbocycles. The second kappa shape index (κ2) is 5.42. The number of pyridine rings is 1. The molecule has 2 heterocycles. The lowest BCUT2D eigenvalue weighted by Gasteiger charge is -2.32. The third-order valence-corrected chi connectivity index (χ3v) is 6.04. The molecular formula is C12H15BrN2O4S. The normalized spacial score (nSPS) is 23.9. The van der Waals surface area contributed by atoms with Gasteiger partial charge in [-0.1, -0.05) is 6.92 Å². The van der Waals surface area contributed by atoms with Crippen molar-refractivity contribution in [2.24, 2.45) is 0 Å². The number of sulfonamides is 1. The van der Waals surface area contributed by atoms with Gasteiger partial charge in [0.05, 0.1) is 0 Å². The number of carbonyl (C=O) groups is 1. The number of rotatable bonds is 4. The largest absolute Gasteiger partial charge is 0.480 e. The van der Waals surface area contributed by atoms with Crippen LogP contribution in [0.2, 0.25) is 0 Å². The van der Waals surface area contributed by atoms with Crippen molar-refractivity contribution in [2.75, 3.05) is 6.54 Å². The van der Waals surface area contributed by atoms with Gasteiger partial charge in [0, 0.05) is 23.4 Å². The van der Waals surface area contributed by atoms with E-state index in [1.807, 2.05) is 0 Å². The Hall–Kier alpha value is -0.990.